The molecule has 2 aliphatic heterocycles. The Bertz CT molecular complexity index is 689. The Morgan fingerprint density at radius 1 is 1.40 bits per heavy atom. The van der Waals surface area contributed by atoms with Gasteiger partial charge in [0.1, 0.15) is 11.5 Å². The molecular formula is C19H23NO5. The number of ketones is 1. The number of amides is 1. The highest BCUT2D eigenvalue weighted by molar-refractivity contribution is 6.03. The lowest BCUT2D eigenvalue weighted by Gasteiger charge is -2.29. The van der Waals surface area contributed by atoms with Crippen molar-refractivity contribution in [3.8, 4) is 11.5 Å². The molecule has 0 aliphatic carbocycles. The number of hydrogen-bond donors (Lipinski definition) is 1. The second kappa shape index (κ2) is 7.59. The summed E-state index contributed by atoms with van der Waals surface area (Å²) in [6, 6.07) is 3.55. The van der Waals surface area contributed by atoms with Crippen molar-refractivity contribution >= 4 is 18.0 Å². The van der Waals surface area contributed by atoms with Crippen LogP contribution in [0.5, 0.6) is 11.5 Å². The predicted octanol–water partition coefficient (Wildman–Crippen LogP) is 3.45. The third-order valence-corrected chi connectivity index (χ3v) is 4.94. The molecule has 0 bridgehead atoms. The van der Waals surface area contributed by atoms with Gasteiger partial charge in [-0.15, -0.1) is 0 Å². The molecule has 0 spiro atoms. The largest absolute Gasteiger partial charge is 0.496 e. The zero-order valence-corrected chi connectivity index (χ0v) is 14.4. The summed E-state index contributed by atoms with van der Waals surface area (Å²) in [4.78, 5) is 24.2. The van der Waals surface area contributed by atoms with E-state index in [9.17, 15) is 9.59 Å². The molecule has 1 aromatic rings. The zero-order chi connectivity index (χ0) is 17.8. The van der Waals surface area contributed by atoms with Gasteiger partial charge in [-0.25, -0.2) is 4.79 Å². The van der Waals surface area contributed by atoms with Crippen LogP contribution in [0.15, 0.2) is 18.2 Å². The van der Waals surface area contributed by atoms with Crippen molar-refractivity contribution < 1.29 is 24.2 Å². The van der Waals surface area contributed by atoms with Crippen LogP contribution in [0.2, 0.25) is 0 Å². The number of methoxy groups -OCH3 is 1. The van der Waals surface area contributed by atoms with Gasteiger partial charge in [0.25, 0.3) is 0 Å². The summed E-state index contributed by atoms with van der Waals surface area (Å²) in [6.45, 7) is 1.34. The van der Waals surface area contributed by atoms with Gasteiger partial charge in [-0.05, 0) is 43.7 Å². The first-order valence-electron chi connectivity index (χ1n) is 8.61. The highest BCUT2D eigenvalue weighted by atomic mass is 16.5. The minimum absolute atomic E-state index is 0.00232. The molecule has 1 amide bonds. The van der Waals surface area contributed by atoms with Crippen LogP contribution in [0, 0.1) is 5.92 Å². The number of rotatable bonds is 5. The molecule has 0 saturated carbocycles. The number of Topliss-reactive ketones (excluding diaryl/α,β-unsaturated/α-hetero) is 1. The van der Waals surface area contributed by atoms with Gasteiger partial charge in [-0.3, -0.25) is 4.79 Å². The molecule has 1 saturated heterocycles. The van der Waals surface area contributed by atoms with E-state index < -0.39 is 6.09 Å². The standard InChI is InChI=1S/C19H23NO5/c1-24-17-7-6-14-16(21)12-25-18(14)15(17)5-3-2-4-13-8-10-20(11-9-13)19(22)23/h3,5-7,13H,2,4,8-12H2,1H3,(H,22,23). The number of ether oxygens (including phenoxy) is 2. The minimum atomic E-state index is -0.821. The number of hydrogen-bond acceptors (Lipinski definition) is 4. The average molecular weight is 345 g/mol. The van der Waals surface area contributed by atoms with Gasteiger partial charge in [0.05, 0.1) is 18.2 Å². The highest BCUT2D eigenvalue weighted by Gasteiger charge is 2.25. The number of likely N-dealkylation sites (tertiary alicyclic amines) is 1. The Hall–Kier alpha value is -2.50. The van der Waals surface area contributed by atoms with Crippen molar-refractivity contribution in [3.63, 3.8) is 0 Å². The number of benzene rings is 1. The number of piperidine rings is 1. The lowest BCUT2D eigenvalue weighted by molar-refractivity contribution is 0.0961. The average Bonchev–Trinajstić information content (AvgIpc) is 3.00. The van der Waals surface area contributed by atoms with E-state index in [-0.39, 0.29) is 12.4 Å². The molecule has 0 atom stereocenters. The second-order valence-corrected chi connectivity index (χ2v) is 6.46. The van der Waals surface area contributed by atoms with Crippen LogP contribution in [0.25, 0.3) is 6.08 Å². The van der Waals surface area contributed by atoms with Gasteiger partial charge in [-0.1, -0.05) is 12.2 Å². The molecule has 1 N–H and O–H groups in total. The maximum atomic E-state index is 11.8. The van der Waals surface area contributed by atoms with Gasteiger partial charge in [0, 0.05) is 13.1 Å². The SMILES string of the molecule is COc1ccc2c(c1C=CCCC1CCN(C(=O)O)CC1)OCC2=O. The fourth-order valence-electron chi connectivity index (χ4n) is 3.45. The van der Waals surface area contributed by atoms with E-state index in [1.807, 2.05) is 6.08 Å². The summed E-state index contributed by atoms with van der Waals surface area (Å²) in [5.41, 5.74) is 1.42. The molecule has 1 aromatic carbocycles. The van der Waals surface area contributed by atoms with Gasteiger partial charge in [-0.2, -0.15) is 0 Å². The molecule has 0 radical (unpaired) electrons. The summed E-state index contributed by atoms with van der Waals surface area (Å²) in [7, 11) is 1.60. The van der Waals surface area contributed by atoms with E-state index in [0.29, 0.717) is 36.1 Å². The van der Waals surface area contributed by atoms with Crippen LogP contribution in [0.4, 0.5) is 4.79 Å². The molecule has 0 unspecified atom stereocenters. The topological polar surface area (TPSA) is 76.1 Å². The van der Waals surface area contributed by atoms with Crippen molar-refractivity contribution in [2.45, 2.75) is 25.7 Å². The smallest absolute Gasteiger partial charge is 0.407 e. The number of fused-ring (bicyclic) bond motifs is 1. The molecule has 134 valence electrons. The first kappa shape index (κ1) is 17.3. The number of carboxylic acid groups (broad SMARTS) is 1. The molecule has 0 aromatic heterocycles. The number of carbonyl (C=O) groups excluding carboxylic acids is 1. The van der Waals surface area contributed by atoms with Gasteiger partial charge in [0.15, 0.2) is 6.61 Å². The quantitative estimate of drug-likeness (QED) is 0.884. The van der Waals surface area contributed by atoms with E-state index in [1.165, 1.54) is 4.90 Å². The number of carbonyl (C=O) groups is 2. The maximum Gasteiger partial charge on any atom is 0.407 e. The van der Waals surface area contributed by atoms with Crippen LogP contribution < -0.4 is 9.47 Å². The van der Waals surface area contributed by atoms with Crippen molar-refractivity contribution in [1.29, 1.82) is 0 Å². The molecule has 2 aliphatic rings. The summed E-state index contributed by atoms with van der Waals surface area (Å²) in [5, 5.41) is 8.98. The minimum Gasteiger partial charge on any atom is -0.496 e. The molecule has 3 rings (SSSR count). The van der Waals surface area contributed by atoms with Crippen LogP contribution in [-0.4, -0.2) is 48.7 Å². The summed E-state index contributed by atoms with van der Waals surface area (Å²) in [6.07, 6.45) is 6.98. The van der Waals surface area contributed by atoms with Crippen LogP contribution in [0.3, 0.4) is 0 Å². The highest BCUT2D eigenvalue weighted by Crippen LogP contribution is 2.37. The summed E-state index contributed by atoms with van der Waals surface area (Å²) in [5.74, 6) is 1.86. The van der Waals surface area contributed by atoms with E-state index in [1.54, 1.807) is 19.2 Å². The molecule has 2 heterocycles. The number of allylic oxidation sites excluding steroid dienone is 1. The Kier molecular flexibility index (Phi) is 5.26. The predicted molar refractivity (Wildman–Crippen MR) is 93.4 cm³/mol. The third kappa shape index (κ3) is 3.78. The fraction of sp³-hybridized carbons (Fsp3) is 0.474. The first-order chi connectivity index (χ1) is 12.1. The lowest BCUT2D eigenvalue weighted by Crippen LogP contribution is -2.37. The fourth-order valence-corrected chi connectivity index (χ4v) is 3.45. The zero-order valence-electron chi connectivity index (χ0n) is 14.4. The number of nitrogens with zero attached hydrogens (tertiary/aromatic N) is 1. The second-order valence-electron chi connectivity index (χ2n) is 6.46. The summed E-state index contributed by atoms with van der Waals surface area (Å²) < 4.78 is 10.9. The Morgan fingerprint density at radius 3 is 2.84 bits per heavy atom. The Morgan fingerprint density at radius 2 is 2.16 bits per heavy atom. The van der Waals surface area contributed by atoms with Crippen molar-refractivity contribution in [3.05, 3.63) is 29.3 Å². The van der Waals surface area contributed by atoms with E-state index in [2.05, 4.69) is 6.08 Å². The third-order valence-electron chi connectivity index (χ3n) is 4.94. The van der Waals surface area contributed by atoms with Gasteiger partial charge < -0.3 is 19.5 Å². The molecule has 25 heavy (non-hydrogen) atoms. The molecule has 6 heteroatoms. The van der Waals surface area contributed by atoms with Crippen LogP contribution >= 0.6 is 0 Å². The van der Waals surface area contributed by atoms with Crippen molar-refractivity contribution in [1.82, 2.24) is 4.90 Å². The molecule has 1 fully saturated rings. The van der Waals surface area contributed by atoms with Crippen molar-refractivity contribution in [2.24, 2.45) is 5.92 Å². The van der Waals surface area contributed by atoms with E-state index in [4.69, 9.17) is 14.6 Å². The first-order valence-corrected chi connectivity index (χ1v) is 8.61. The maximum absolute atomic E-state index is 11.8. The van der Waals surface area contributed by atoms with Gasteiger partial charge in [0.2, 0.25) is 5.78 Å². The molecular weight excluding hydrogens is 322 g/mol. The van der Waals surface area contributed by atoms with Crippen molar-refractivity contribution in [2.75, 3.05) is 26.8 Å². The van der Waals surface area contributed by atoms with E-state index >= 15 is 0 Å². The van der Waals surface area contributed by atoms with Crippen LogP contribution in [0.1, 0.15) is 41.6 Å². The monoisotopic (exact) mass is 345 g/mol. The van der Waals surface area contributed by atoms with Gasteiger partial charge >= 0.3 is 6.09 Å². The normalized spacial score (nSPS) is 17.6. The Labute approximate surface area is 147 Å². The lowest BCUT2D eigenvalue weighted by atomic mass is 9.92. The summed E-state index contributed by atoms with van der Waals surface area (Å²) >= 11 is 0. The molecule has 6 nitrogen and oxygen atoms in total. The van der Waals surface area contributed by atoms with E-state index in [0.717, 1.165) is 31.2 Å². The van der Waals surface area contributed by atoms with Crippen LogP contribution in [-0.2, 0) is 0 Å². The Balaban J connectivity index is 1.58.